The number of nitrogen functional groups attached to an aromatic ring is 1. The fourth-order valence-electron chi connectivity index (χ4n) is 2.29. The lowest BCUT2D eigenvalue weighted by Gasteiger charge is -2.12. The van der Waals surface area contributed by atoms with Crippen LogP contribution < -0.4 is 16.4 Å². The third-order valence-electron chi connectivity index (χ3n) is 3.69. The normalized spacial score (nSPS) is 10.7. The fraction of sp³-hybridized carbons (Fsp3) is 0.263. The number of nitrogens with one attached hydrogen (secondary N) is 2. The van der Waals surface area contributed by atoms with Crippen LogP contribution in [0.4, 0.5) is 28.8 Å². The molecule has 3 aromatic rings. The largest absolute Gasteiger partial charge is 0.462 e. The van der Waals surface area contributed by atoms with E-state index >= 15 is 0 Å². The highest BCUT2D eigenvalue weighted by molar-refractivity contribution is 5.90. The van der Waals surface area contributed by atoms with Gasteiger partial charge in [0.15, 0.2) is 17.5 Å². The van der Waals surface area contributed by atoms with Crippen LogP contribution in [0.15, 0.2) is 41.2 Å². The van der Waals surface area contributed by atoms with Gasteiger partial charge in [0.2, 0.25) is 0 Å². The number of carbonyl (C=O) groups excluding carboxylic acids is 1. The number of ether oxygens (including phenoxy) is 1. The molecule has 0 amide bonds. The summed E-state index contributed by atoms with van der Waals surface area (Å²) in [5.74, 6) is 1.93. The topological polar surface area (TPSA) is 128 Å². The molecule has 0 aliphatic carbocycles. The van der Waals surface area contributed by atoms with E-state index in [2.05, 4.69) is 25.8 Å². The van der Waals surface area contributed by atoms with Crippen molar-refractivity contribution in [3.05, 3.63) is 48.0 Å². The van der Waals surface area contributed by atoms with Crippen LogP contribution in [0.3, 0.4) is 0 Å². The average molecular weight is 382 g/mol. The molecule has 0 saturated heterocycles. The summed E-state index contributed by atoms with van der Waals surface area (Å²) >= 11 is 0. The van der Waals surface area contributed by atoms with Gasteiger partial charge in [-0.05, 0) is 37.1 Å². The minimum absolute atomic E-state index is 0.287. The Balaban J connectivity index is 1.69. The maximum absolute atomic E-state index is 12.0. The van der Waals surface area contributed by atoms with Crippen molar-refractivity contribution < 1.29 is 14.1 Å². The number of aryl methyl sites for hydroxylation is 1. The van der Waals surface area contributed by atoms with Gasteiger partial charge in [-0.1, -0.05) is 19.0 Å². The first-order valence-corrected chi connectivity index (χ1v) is 8.77. The molecule has 0 saturated carbocycles. The summed E-state index contributed by atoms with van der Waals surface area (Å²) in [6.07, 6.45) is 1.38. The Kier molecular flexibility index (Phi) is 5.73. The summed E-state index contributed by atoms with van der Waals surface area (Å²) in [7, 11) is 0. The Bertz CT molecular complexity index is 953. The Morgan fingerprint density at radius 2 is 1.86 bits per heavy atom. The molecular formula is C19H22N6O3. The molecule has 28 heavy (non-hydrogen) atoms. The maximum Gasteiger partial charge on any atom is 0.338 e. The summed E-state index contributed by atoms with van der Waals surface area (Å²) in [5.41, 5.74) is 7.67. The van der Waals surface area contributed by atoms with E-state index in [0.717, 1.165) is 0 Å². The average Bonchev–Trinajstić information content (AvgIpc) is 3.08. The number of rotatable bonds is 7. The number of hydrogen-bond donors (Lipinski definition) is 3. The Labute approximate surface area is 162 Å². The van der Waals surface area contributed by atoms with Gasteiger partial charge in [-0.15, -0.1) is 0 Å². The minimum atomic E-state index is -0.351. The van der Waals surface area contributed by atoms with E-state index in [4.69, 9.17) is 15.0 Å². The molecule has 146 valence electrons. The van der Waals surface area contributed by atoms with Gasteiger partial charge >= 0.3 is 5.97 Å². The van der Waals surface area contributed by atoms with Crippen molar-refractivity contribution in [2.24, 2.45) is 5.92 Å². The van der Waals surface area contributed by atoms with Crippen molar-refractivity contribution in [3.63, 3.8) is 0 Å². The standard InChI is InChI=1S/C19H22N6O3/c1-11(2)9-27-19(26)13-4-6-14(7-5-13)23-17-16(20)18(22-10-21-17)24-15-8-12(3)28-25-15/h4-8,10-11H,9,20H2,1-3H3,(H2,21,22,23,24,25). The lowest BCUT2D eigenvalue weighted by molar-refractivity contribution is 0.0459. The van der Waals surface area contributed by atoms with Crippen molar-refractivity contribution >= 4 is 34.8 Å². The second-order valence-corrected chi connectivity index (χ2v) is 6.63. The number of carbonyl (C=O) groups is 1. The summed E-state index contributed by atoms with van der Waals surface area (Å²) in [5, 5.41) is 9.94. The summed E-state index contributed by atoms with van der Waals surface area (Å²) in [6, 6.07) is 8.59. The molecule has 0 atom stereocenters. The van der Waals surface area contributed by atoms with Crippen LogP contribution in [-0.2, 0) is 4.74 Å². The third kappa shape index (κ3) is 4.76. The lowest BCUT2D eigenvalue weighted by Crippen LogP contribution is -2.10. The maximum atomic E-state index is 12.0. The van der Waals surface area contributed by atoms with Crippen LogP contribution >= 0.6 is 0 Å². The molecule has 0 fully saturated rings. The van der Waals surface area contributed by atoms with Gasteiger partial charge in [0, 0.05) is 11.8 Å². The number of anilines is 5. The number of nitrogens with zero attached hydrogens (tertiary/aromatic N) is 3. The first kappa shape index (κ1) is 19.2. The molecule has 0 radical (unpaired) electrons. The van der Waals surface area contributed by atoms with Crippen LogP contribution in [-0.4, -0.2) is 27.7 Å². The Morgan fingerprint density at radius 3 is 2.46 bits per heavy atom. The van der Waals surface area contributed by atoms with Crippen molar-refractivity contribution in [1.29, 1.82) is 0 Å². The summed E-state index contributed by atoms with van der Waals surface area (Å²) in [6.45, 7) is 6.15. The highest BCUT2D eigenvalue weighted by atomic mass is 16.5. The molecule has 2 heterocycles. The first-order chi connectivity index (χ1) is 13.4. The molecule has 0 aliphatic rings. The molecule has 9 heteroatoms. The van der Waals surface area contributed by atoms with E-state index in [-0.39, 0.29) is 11.9 Å². The van der Waals surface area contributed by atoms with Crippen LogP contribution in [0, 0.1) is 12.8 Å². The van der Waals surface area contributed by atoms with E-state index in [1.807, 2.05) is 13.8 Å². The van der Waals surface area contributed by atoms with Crippen LogP contribution in [0.5, 0.6) is 0 Å². The molecule has 0 spiro atoms. The van der Waals surface area contributed by atoms with Gasteiger partial charge in [-0.3, -0.25) is 0 Å². The van der Waals surface area contributed by atoms with Gasteiger partial charge in [-0.25, -0.2) is 14.8 Å². The summed E-state index contributed by atoms with van der Waals surface area (Å²) < 4.78 is 10.2. The van der Waals surface area contributed by atoms with Crippen LogP contribution in [0.2, 0.25) is 0 Å². The second kappa shape index (κ2) is 8.38. The zero-order valence-electron chi connectivity index (χ0n) is 15.9. The highest BCUT2D eigenvalue weighted by Crippen LogP contribution is 2.28. The molecule has 0 aliphatic heterocycles. The van der Waals surface area contributed by atoms with E-state index < -0.39 is 0 Å². The molecule has 0 bridgehead atoms. The monoisotopic (exact) mass is 382 g/mol. The highest BCUT2D eigenvalue weighted by Gasteiger charge is 2.12. The lowest BCUT2D eigenvalue weighted by atomic mass is 10.2. The van der Waals surface area contributed by atoms with Gasteiger partial charge in [0.05, 0.1) is 12.2 Å². The first-order valence-electron chi connectivity index (χ1n) is 8.77. The molecule has 3 rings (SSSR count). The van der Waals surface area contributed by atoms with Crippen LogP contribution in [0.1, 0.15) is 30.0 Å². The van der Waals surface area contributed by atoms with E-state index in [0.29, 0.717) is 46.8 Å². The molecule has 9 nitrogen and oxygen atoms in total. The van der Waals surface area contributed by atoms with Crippen LogP contribution in [0.25, 0.3) is 0 Å². The second-order valence-electron chi connectivity index (χ2n) is 6.63. The number of nitrogens with two attached hydrogens (primary N) is 1. The van der Waals surface area contributed by atoms with Gasteiger partial charge in [-0.2, -0.15) is 0 Å². The minimum Gasteiger partial charge on any atom is -0.462 e. The predicted octanol–water partition coefficient (Wildman–Crippen LogP) is 3.66. The fourth-order valence-corrected chi connectivity index (χ4v) is 2.29. The zero-order valence-corrected chi connectivity index (χ0v) is 15.9. The molecule has 0 unspecified atom stereocenters. The molecular weight excluding hydrogens is 360 g/mol. The van der Waals surface area contributed by atoms with E-state index in [1.54, 1.807) is 37.3 Å². The number of benzene rings is 1. The quantitative estimate of drug-likeness (QED) is 0.524. The van der Waals surface area contributed by atoms with E-state index in [9.17, 15) is 4.79 Å². The van der Waals surface area contributed by atoms with Crippen molar-refractivity contribution in [3.8, 4) is 0 Å². The van der Waals surface area contributed by atoms with Crippen molar-refractivity contribution in [2.45, 2.75) is 20.8 Å². The predicted molar refractivity (Wildman–Crippen MR) is 106 cm³/mol. The number of esters is 1. The molecule has 1 aromatic carbocycles. The Morgan fingerprint density at radius 1 is 1.18 bits per heavy atom. The zero-order chi connectivity index (χ0) is 20.1. The van der Waals surface area contributed by atoms with E-state index in [1.165, 1.54) is 6.33 Å². The van der Waals surface area contributed by atoms with Gasteiger partial charge in [0.25, 0.3) is 0 Å². The number of hydrogen-bond acceptors (Lipinski definition) is 9. The SMILES string of the molecule is Cc1cc(Nc2ncnc(Nc3ccc(C(=O)OCC(C)C)cc3)c2N)no1. The van der Waals surface area contributed by atoms with Crippen molar-refractivity contribution in [2.75, 3.05) is 23.0 Å². The molecule has 4 N–H and O–H groups in total. The van der Waals surface area contributed by atoms with Crippen molar-refractivity contribution in [1.82, 2.24) is 15.1 Å². The van der Waals surface area contributed by atoms with Gasteiger partial charge < -0.3 is 25.6 Å². The Hall–Kier alpha value is -3.62. The third-order valence-corrected chi connectivity index (χ3v) is 3.69. The smallest absolute Gasteiger partial charge is 0.338 e. The summed E-state index contributed by atoms with van der Waals surface area (Å²) in [4.78, 5) is 20.3. The molecule has 2 aromatic heterocycles. The number of aromatic nitrogens is 3. The van der Waals surface area contributed by atoms with Gasteiger partial charge in [0.1, 0.15) is 17.8 Å².